The van der Waals surface area contributed by atoms with E-state index in [2.05, 4.69) is 15.3 Å². The lowest BCUT2D eigenvalue weighted by molar-refractivity contribution is -0.136. The van der Waals surface area contributed by atoms with Crippen LogP contribution in [-0.4, -0.2) is 58.0 Å². The average Bonchev–Trinajstić information content (AvgIpc) is 2.70. The van der Waals surface area contributed by atoms with Crippen molar-refractivity contribution in [2.24, 2.45) is 0 Å². The summed E-state index contributed by atoms with van der Waals surface area (Å²) in [5.41, 5.74) is 2.28. The monoisotopic (exact) mass is 384 g/mol. The fraction of sp³-hybridized carbons (Fsp3) is 0.400. The first kappa shape index (κ1) is 19.8. The normalized spacial score (nSPS) is 16.6. The van der Waals surface area contributed by atoms with Crippen LogP contribution < -0.4 is 5.32 Å². The third-order valence-electron chi connectivity index (χ3n) is 4.55. The summed E-state index contributed by atoms with van der Waals surface area (Å²) in [6.45, 7) is 3.53. The van der Waals surface area contributed by atoms with Crippen LogP contribution in [0.5, 0.6) is 5.75 Å². The minimum Gasteiger partial charge on any atom is -0.508 e. The molecule has 2 N–H and O–H groups in total. The van der Waals surface area contributed by atoms with Gasteiger partial charge in [-0.25, -0.2) is 0 Å². The molecule has 1 fully saturated rings. The van der Waals surface area contributed by atoms with E-state index >= 15 is 0 Å². The van der Waals surface area contributed by atoms with E-state index in [4.69, 9.17) is 4.74 Å². The van der Waals surface area contributed by atoms with Crippen LogP contribution in [0.3, 0.4) is 0 Å². The second-order valence-corrected chi connectivity index (χ2v) is 6.70. The summed E-state index contributed by atoms with van der Waals surface area (Å²) >= 11 is 0. The van der Waals surface area contributed by atoms with Crippen molar-refractivity contribution < 1.29 is 19.4 Å². The molecule has 1 unspecified atom stereocenters. The number of hydrogen-bond donors (Lipinski definition) is 2. The SMILES string of the molecule is CC(=O)N1CCOC(c2cncc(CCNC(=O)Cc3ccc(O)cc3)n2)C1. The van der Waals surface area contributed by atoms with Crippen molar-refractivity contribution in [3.63, 3.8) is 0 Å². The second kappa shape index (κ2) is 9.27. The first-order chi connectivity index (χ1) is 13.5. The molecule has 8 nitrogen and oxygen atoms in total. The second-order valence-electron chi connectivity index (χ2n) is 6.70. The molecule has 2 aromatic rings. The van der Waals surface area contributed by atoms with Gasteiger partial charge in [0.05, 0.1) is 37.2 Å². The first-order valence-electron chi connectivity index (χ1n) is 9.24. The molecule has 1 saturated heterocycles. The minimum atomic E-state index is -0.283. The van der Waals surface area contributed by atoms with Gasteiger partial charge in [-0.3, -0.25) is 19.6 Å². The van der Waals surface area contributed by atoms with Crippen molar-refractivity contribution in [3.8, 4) is 5.75 Å². The Labute approximate surface area is 163 Å². The first-order valence-corrected chi connectivity index (χ1v) is 9.24. The number of carbonyl (C=O) groups is 2. The summed E-state index contributed by atoms with van der Waals surface area (Å²) in [7, 11) is 0. The molecule has 0 aliphatic carbocycles. The van der Waals surface area contributed by atoms with Crippen LogP contribution in [0, 0.1) is 0 Å². The van der Waals surface area contributed by atoms with Gasteiger partial charge in [0.25, 0.3) is 0 Å². The molecule has 28 heavy (non-hydrogen) atoms. The van der Waals surface area contributed by atoms with Crippen molar-refractivity contribution in [1.29, 1.82) is 0 Å². The predicted molar refractivity (Wildman–Crippen MR) is 102 cm³/mol. The fourth-order valence-electron chi connectivity index (χ4n) is 3.00. The maximum absolute atomic E-state index is 12.0. The number of nitrogens with one attached hydrogen (secondary N) is 1. The number of nitrogens with zero attached hydrogens (tertiary/aromatic N) is 3. The third-order valence-corrected chi connectivity index (χ3v) is 4.55. The molecular weight excluding hydrogens is 360 g/mol. The summed E-state index contributed by atoms with van der Waals surface area (Å²) in [6, 6.07) is 6.56. The molecule has 1 atom stereocenters. The standard InChI is InChI=1S/C20H24N4O4/c1-14(25)24-8-9-28-19(13-24)18-12-21-11-16(23-18)6-7-22-20(27)10-15-2-4-17(26)5-3-15/h2-5,11-12,19,26H,6-10,13H2,1H3,(H,22,27). The van der Waals surface area contributed by atoms with Crippen molar-refractivity contribution in [3.05, 3.63) is 53.6 Å². The van der Waals surface area contributed by atoms with Crippen LogP contribution in [0.15, 0.2) is 36.7 Å². The lowest BCUT2D eigenvalue weighted by Crippen LogP contribution is -2.41. The van der Waals surface area contributed by atoms with E-state index in [0.29, 0.717) is 38.4 Å². The predicted octanol–water partition coefficient (Wildman–Crippen LogP) is 1.00. The lowest BCUT2D eigenvalue weighted by Gasteiger charge is -2.31. The van der Waals surface area contributed by atoms with Crippen molar-refractivity contribution in [1.82, 2.24) is 20.2 Å². The quantitative estimate of drug-likeness (QED) is 0.770. The largest absolute Gasteiger partial charge is 0.508 e. The highest BCUT2D eigenvalue weighted by Crippen LogP contribution is 2.20. The van der Waals surface area contributed by atoms with E-state index in [-0.39, 0.29) is 30.1 Å². The zero-order chi connectivity index (χ0) is 19.9. The van der Waals surface area contributed by atoms with E-state index in [1.165, 1.54) is 0 Å². The Morgan fingerprint density at radius 3 is 2.82 bits per heavy atom. The van der Waals surface area contributed by atoms with Gasteiger partial charge < -0.3 is 20.1 Å². The van der Waals surface area contributed by atoms with Gasteiger partial charge in [0.1, 0.15) is 11.9 Å². The summed E-state index contributed by atoms with van der Waals surface area (Å²) in [6.07, 6.45) is 3.84. The third kappa shape index (κ3) is 5.50. The number of amides is 2. The molecule has 2 heterocycles. The topological polar surface area (TPSA) is 105 Å². The molecule has 148 valence electrons. The van der Waals surface area contributed by atoms with Gasteiger partial charge in [0.2, 0.25) is 11.8 Å². The zero-order valence-electron chi connectivity index (χ0n) is 15.8. The van der Waals surface area contributed by atoms with E-state index in [1.54, 1.807) is 48.5 Å². The Morgan fingerprint density at radius 1 is 1.29 bits per heavy atom. The molecule has 8 heteroatoms. The van der Waals surface area contributed by atoms with Crippen LogP contribution in [-0.2, 0) is 27.2 Å². The number of aromatic nitrogens is 2. The molecule has 0 spiro atoms. The highest BCUT2D eigenvalue weighted by Gasteiger charge is 2.24. The molecule has 1 aromatic carbocycles. The van der Waals surface area contributed by atoms with Crippen molar-refractivity contribution in [2.45, 2.75) is 25.9 Å². The molecule has 1 aliphatic heterocycles. The van der Waals surface area contributed by atoms with Crippen LogP contribution in [0.2, 0.25) is 0 Å². The number of phenols is 1. The summed E-state index contributed by atoms with van der Waals surface area (Å²) in [5, 5.41) is 12.1. The van der Waals surface area contributed by atoms with Crippen molar-refractivity contribution in [2.75, 3.05) is 26.2 Å². The number of morpholine rings is 1. The maximum Gasteiger partial charge on any atom is 0.224 e. The van der Waals surface area contributed by atoms with E-state index < -0.39 is 0 Å². The van der Waals surface area contributed by atoms with E-state index in [0.717, 1.165) is 11.3 Å². The number of benzene rings is 1. The Balaban J connectivity index is 1.50. The van der Waals surface area contributed by atoms with Gasteiger partial charge in [0, 0.05) is 32.6 Å². The molecular formula is C20H24N4O4. The fourth-order valence-corrected chi connectivity index (χ4v) is 3.00. The summed E-state index contributed by atoms with van der Waals surface area (Å²) in [5.74, 6) is 0.104. The van der Waals surface area contributed by atoms with Crippen molar-refractivity contribution >= 4 is 11.8 Å². The molecule has 3 rings (SSSR count). The van der Waals surface area contributed by atoms with E-state index in [1.807, 2.05) is 0 Å². The molecule has 1 aliphatic rings. The van der Waals surface area contributed by atoms with E-state index in [9.17, 15) is 14.7 Å². The summed E-state index contributed by atoms with van der Waals surface area (Å²) in [4.78, 5) is 34.2. The molecule has 2 amide bonds. The Bertz CT molecular complexity index is 825. The summed E-state index contributed by atoms with van der Waals surface area (Å²) < 4.78 is 5.73. The zero-order valence-corrected chi connectivity index (χ0v) is 15.8. The number of aromatic hydroxyl groups is 1. The van der Waals surface area contributed by atoms with Gasteiger partial charge in [-0.05, 0) is 17.7 Å². The highest BCUT2D eigenvalue weighted by molar-refractivity contribution is 5.78. The molecule has 0 saturated carbocycles. The van der Waals surface area contributed by atoms with Crippen LogP contribution in [0.1, 0.15) is 30.0 Å². The minimum absolute atomic E-state index is 0.0220. The Hall–Kier alpha value is -3.00. The number of phenolic OH excluding ortho intramolecular Hbond substituents is 1. The highest BCUT2D eigenvalue weighted by atomic mass is 16.5. The van der Waals surface area contributed by atoms with Gasteiger partial charge in [-0.1, -0.05) is 12.1 Å². The molecule has 0 bridgehead atoms. The number of carbonyl (C=O) groups excluding carboxylic acids is 2. The number of rotatable bonds is 6. The number of hydrogen-bond acceptors (Lipinski definition) is 6. The van der Waals surface area contributed by atoms with Crippen LogP contribution in [0.25, 0.3) is 0 Å². The molecule has 0 radical (unpaired) electrons. The smallest absolute Gasteiger partial charge is 0.224 e. The lowest BCUT2D eigenvalue weighted by atomic mass is 10.1. The maximum atomic E-state index is 12.0. The van der Waals surface area contributed by atoms with Crippen LogP contribution >= 0.6 is 0 Å². The molecule has 1 aromatic heterocycles. The van der Waals surface area contributed by atoms with Gasteiger partial charge >= 0.3 is 0 Å². The van der Waals surface area contributed by atoms with Crippen LogP contribution in [0.4, 0.5) is 0 Å². The van der Waals surface area contributed by atoms with Gasteiger partial charge in [-0.15, -0.1) is 0 Å². The Morgan fingerprint density at radius 2 is 2.07 bits per heavy atom. The number of ether oxygens (including phenoxy) is 1. The Kier molecular flexibility index (Phi) is 6.54. The van der Waals surface area contributed by atoms with Gasteiger partial charge in [-0.2, -0.15) is 0 Å². The average molecular weight is 384 g/mol. The van der Waals surface area contributed by atoms with Gasteiger partial charge in [0.15, 0.2) is 0 Å².